The number of hydrogen-bond donors (Lipinski definition) is 1. The Bertz CT molecular complexity index is 645. The molecule has 1 aromatic rings. The fraction of sp³-hybridized carbons (Fsp3) is 0.579. The molecule has 150 valence electrons. The third-order valence-electron chi connectivity index (χ3n) is 4.12. The van der Waals surface area contributed by atoms with Crippen molar-refractivity contribution in [2.45, 2.75) is 38.9 Å². The summed E-state index contributed by atoms with van der Waals surface area (Å²) in [4.78, 5) is 25.6. The first-order valence-electron chi connectivity index (χ1n) is 9.09. The van der Waals surface area contributed by atoms with Gasteiger partial charge in [-0.1, -0.05) is 11.6 Å². The first kappa shape index (κ1) is 21.3. The molecule has 1 aromatic carbocycles. The van der Waals surface area contributed by atoms with Gasteiger partial charge in [0.05, 0.1) is 17.7 Å². The highest BCUT2D eigenvalue weighted by Gasteiger charge is 2.26. The molecule has 27 heavy (non-hydrogen) atoms. The van der Waals surface area contributed by atoms with Crippen molar-refractivity contribution in [3.63, 3.8) is 0 Å². The van der Waals surface area contributed by atoms with Crippen LogP contribution in [0.1, 0.15) is 37.0 Å². The molecule has 7 nitrogen and oxygen atoms in total. The number of hydrogen-bond acceptors (Lipinski definition) is 5. The van der Waals surface area contributed by atoms with Crippen molar-refractivity contribution in [2.75, 3.05) is 33.4 Å². The van der Waals surface area contributed by atoms with Crippen LogP contribution in [-0.2, 0) is 9.47 Å². The number of ether oxygens (including phenoxy) is 3. The zero-order chi connectivity index (χ0) is 19.8. The van der Waals surface area contributed by atoms with Crippen LogP contribution in [0, 0.1) is 0 Å². The van der Waals surface area contributed by atoms with E-state index in [0.717, 1.165) is 0 Å². The summed E-state index contributed by atoms with van der Waals surface area (Å²) in [7, 11) is 1.58. The van der Waals surface area contributed by atoms with Crippen molar-refractivity contribution in [2.24, 2.45) is 0 Å². The number of nitrogens with one attached hydrogen (secondary N) is 1. The highest BCUT2D eigenvalue weighted by atomic mass is 35.5. The summed E-state index contributed by atoms with van der Waals surface area (Å²) in [5.41, 5.74) is 0.467. The molecule has 0 atom stereocenters. The van der Waals surface area contributed by atoms with Gasteiger partial charge in [-0.3, -0.25) is 4.79 Å². The van der Waals surface area contributed by atoms with Gasteiger partial charge >= 0.3 is 6.09 Å². The van der Waals surface area contributed by atoms with Gasteiger partial charge in [0, 0.05) is 45.1 Å². The molecule has 0 unspecified atom stereocenters. The van der Waals surface area contributed by atoms with Gasteiger partial charge in [-0.2, -0.15) is 0 Å². The van der Waals surface area contributed by atoms with E-state index in [-0.39, 0.29) is 24.2 Å². The number of benzene rings is 1. The van der Waals surface area contributed by atoms with E-state index >= 15 is 0 Å². The van der Waals surface area contributed by atoms with Crippen LogP contribution in [0.5, 0.6) is 5.75 Å². The molecule has 2 rings (SSSR count). The Morgan fingerprint density at radius 3 is 2.59 bits per heavy atom. The van der Waals surface area contributed by atoms with Crippen LogP contribution >= 0.6 is 11.6 Å². The molecule has 1 aliphatic heterocycles. The van der Waals surface area contributed by atoms with E-state index in [9.17, 15) is 9.59 Å². The summed E-state index contributed by atoms with van der Waals surface area (Å²) in [6.07, 6.45) is 0.943. The zero-order valence-electron chi connectivity index (χ0n) is 16.0. The number of amides is 2. The smallest absolute Gasteiger partial charge is 0.410 e. The maximum Gasteiger partial charge on any atom is 0.410 e. The Labute approximate surface area is 164 Å². The Balaban J connectivity index is 1.86. The van der Waals surface area contributed by atoms with E-state index in [1.807, 2.05) is 13.8 Å². The average molecular weight is 399 g/mol. The van der Waals surface area contributed by atoms with Crippen LogP contribution in [0.15, 0.2) is 18.2 Å². The summed E-state index contributed by atoms with van der Waals surface area (Å²) in [5.74, 6) is 0.325. The number of carbonyl (C=O) groups is 2. The molecule has 0 bridgehead atoms. The lowest BCUT2D eigenvalue weighted by molar-refractivity contribution is 0.0517. The topological polar surface area (TPSA) is 77.1 Å². The highest BCUT2D eigenvalue weighted by Crippen LogP contribution is 2.28. The molecule has 0 radical (unpaired) electrons. The van der Waals surface area contributed by atoms with Gasteiger partial charge in [0.15, 0.2) is 0 Å². The van der Waals surface area contributed by atoms with Crippen molar-refractivity contribution >= 4 is 23.6 Å². The molecule has 2 amide bonds. The van der Waals surface area contributed by atoms with Crippen LogP contribution in [-0.4, -0.2) is 62.5 Å². The third kappa shape index (κ3) is 6.59. The van der Waals surface area contributed by atoms with E-state index in [2.05, 4.69) is 5.32 Å². The maximum absolute atomic E-state index is 12.0. The minimum atomic E-state index is -0.287. The maximum atomic E-state index is 12.0. The molecular weight excluding hydrogens is 372 g/mol. The molecule has 1 fully saturated rings. The summed E-state index contributed by atoms with van der Waals surface area (Å²) in [5, 5.41) is 3.13. The molecule has 1 aliphatic rings. The summed E-state index contributed by atoms with van der Waals surface area (Å²) in [6.45, 7) is 5.70. The largest absolute Gasteiger partial charge is 0.489 e. The van der Waals surface area contributed by atoms with Crippen molar-refractivity contribution in [3.05, 3.63) is 28.8 Å². The van der Waals surface area contributed by atoms with E-state index in [1.165, 1.54) is 0 Å². The minimum Gasteiger partial charge on any atom is -0.489 e. The van der Waals surface area contributed by atoms with Gasteiger partial charge in [-0.05, 0) is 32.0 Å². The van der Waals surface area contributed by atoms with Crippen molar-refractivity contribution < 1.29 is 23.8 Å². The number of piperidine rings is 1. The molecule has 1 saturated heterocycles. The van der Waals surface area contributed by atoms with Gasteiger partial charge in [-0.25, -0.2) is 4.79 Å². The van der Waals surface area contributed by atoms with Crippen molar-refractivity contribution in [3.8, 4) is 5.75 Å². The van der Waals surface area contributed by atoms with E-state index in [0.29, 0.717) is 55.4 Å². The third-order valence-corrected chi connectivity index (χ3v) is 4.41. The second-order valence-electron chi connectivity index (χ2n) is 6.63. The predicted octanol–water partition coefficient (Wildman–Crippen LogP) is 3.10. The molecular formula is C19H27ClN2O5. The fourth-order valence-electron chi connectivity index (χ4n) is 2.72. The van der Waals surface area contributed by atoms with Gasteiger partial charge in [0.2, 0.25) is 0 Å². The Hall–Kier alpha value is -1.99. The lowest BCUT2D eigenvalue weighted by atomic mass is 10.1. The Morgan fingerprint density at radius 1 is 1.30 bits per heavy atom. The lowest BCUT2D eigenvalue weighted by Crippen LogP contribution is -2.42. The molecule has 0 saturated carbocycles. The molecule has 8 heteroatoms. The number of halogens is 1. The van der Waals surface area contributed by atoms with Crippen LogP contribution in [0.2, 0.25) is 5.02 Å². The van der Waals surface area contributed by atoms with Gasteiger partial charge < -0.3 is 24.4 Å². The first-order valence-corrected chi connectivity index (χ1v) is 9.47. The van der Waals surface area contributed by atoms with E-state index in [4.69, 9.17) is 25.8 Å². The molecule has 1 heterocycles. The number of nitrogens with zero attached hydrogens (tertiary/aromatic N) is 1. The van der Waals surface area contributed by atoms with Crippen molar-refractivity contribution in [1.82, 2.24) is 10.2 Å². The fourth-order valence-corrected chi connectivity index (χ4v) is 2.94. The normalized spacial score (nSPS) is 14.9. The number of carbonyl (C=O) groups excluding carboxylic acids is 2. The van der Waals surface area contributed by atoms with Gasteiger partial charge in [0.25, 0.3) is 5.91 Å². The highest BCUT2D eigenvalue weighted by molar-refractivity contribution is 6.32. The van der Waals surface area contributed by atoms with E-state index in [1.54, 1.807) is 30.2 Å². The Morgan fingerprint density at radius 2 is 2.00 bits per heavy atom. The number of likely N-dealkylation sites (tertiary alicyclic amines) is 1. The standard InChI is InChI=1S/C19H27ClN2O5/c1-13(2)26-19(24)22-9-6-15(7-10-22)27-17-5-4-14(12-16(17)20)18(23)21-8-11-25-3/h4-5,12-13,15H,6-11H2,1-3H3,(H,21,23). The molecule has 0 aliphatic carbocycles. The summed E-state index contributed by atoms with van der Waals surface area (Å²) < 4.78 is 16.1. The average Bonchev–Trinajstić information content (AvgIpc) is 2.63. The SMILES string of the molecule is COCCNC(=O)c1ccc(OC2CCN(C(=O)OC(C)C)CC2)c(Cl)c1. The van der Waals surface area contributed by atoms with E-state index < -0.39 is 0 Å². The second-order valence-corrected chi connectivity index (χ2v) is 7.04. The summed E-state index contributed by atoms with van der Waals surface area (Å²) in [6, 6.07) is 4.97. The first-order chi connectivity index (χ1) is 12.9. The summed E-state index contributed by atoms with van der Waals surface area (Å²) >= 11 is 6.28. The molecule has 0 aromatic heterocycles. The molecule has 1 N–H and O–H groups in total. The van der Waals surface area contributed by atoms with Gasteiger partial charge in [0.1, 0.15) is 11.9 Å². The van der Waals surface area contributed by atoms with Gasteiger partial charge in [-0.15, -0.1) is 0 Å². The Kier molecular flexibility index (Phi) is 8.19. The van der Waals surface area contributed by atoms with Crippen molar-refractivity contribution in [1.29, 1.82) is 0 Å². The quantitative estimate of drug-likeness (QED) is 0.714. The monoisotopic (exact) mass is 398 g/mol. The predicted molar refractivity (Wildman–Crippen MR) is 103 cm³/mol. The zero-order valence-corrected chi connectivity index (χ0v) is 16.8. The lowest BCUT2D eigenvalue weighted by Gasteiger charge is -2.32. The molecule has 0 spiro atoms. The number of methoxy groups -OCH3 is 1. The number of rotatable bonds is 7. The van der Waals surface area contributed by atoms with Crippen LogP contribution in [0.3, 0.4) is 0 Å². The second kappa shape index (κ2) is 10.4. The van der Waals surface area contributed by atoms with Crippen LogP contribution in [0.4, 0.5) is 4.79 Å². The van der Waals surface area contributed by atoms with Crippen LogP contribution < -0.4 is 10.1 Å². The minimum absolute atomic E-state index is 0.0352. The van der Waals surface area contributed by atoms with Crippen LogP contribution in [0.25, 0.3) is 0 Å².